The van der Waals surface area contributed by atoms with Crippen molar-refractivity contribution in [2.45, 2.75) is 6.04 Å². The van der Waals surface area contributed by atoms with Gasteiger partial charge in [-0.15, -0.1) is 10.2 Å². The fourth-order valence-corrected chi connectivity index (χ4v) is 1.83. The Bertz CT molecular complexity index is 530. The third kappa shape index (κ3) is 2.81. The van der Waals surface area contributed by atoms with Crippen LogP contribution in [0.2, 0.25) is 0 Å². The van der Waals surface area contributed by atoms with E-state index >= 15 is 0 Å². The molecule has 2 aromatic rings. The first-order chi connectivity index (χ1) is 9.30. The highest BCUT2D eigenvalue weighted by Crippen LogP contribution is 2.28. The van der Waals surface area contributed by atoms with Crippen molar-refractivity contribution in [3.8, 4) is 11.6 Å². The van der Waals surface area contributed by atoms with Crippen molar-refractivity contribution in [2.75, 3.05) is 14.2 Å². The molecule has 6 heteroatoms. The number of rotatable bonds is 5. The van der Waals surface area contributed by atoms with E-state index in [0.29, 0.717) is 11.6 Å². The molecular weight excluding hydrogens is 244 g/mol. The smallest absolute Gasteiger partial charge is 0.233 e. The average Bonchev–Trinajstić information content (AvgIpc) is 2.49. The number of aromatic nitrogens is 2. The quantitative estimate of drug-likeness (QED) is 0.617. The van der Waals surface area contributed by atoms with Crippen molar-refractivity contribution in [1.29, 1.82) is 0 Å². The highest BCUT2D eigenvalue weighted by molar-refractivity contribution is 5.39. The largest absolute Gasteiger partial charge is 0.496 e. The van der Waals surface area contributed by atoms with Gasteiger partial charge in [-0.2, -0.15) is 0 Å². The second kappa shape index (κ2) is 6.12. The molecule has 0 aliphatic rings. The molecule has 0 radical (unpaired) electrons. The molecule has 0 spiro atoms. The lowest BCUT2D eigenvalue weighted by molar-refractivity contribution is 0.388. The Morgan fingerprint density at radius 1 is 1.05 bits per heavy atom. The third-order valence-corrected chi connectivity index (χ3v) is 2.78. The molecule has 1 aromatic carbocycles. The van der Waals surface area contributed by atoms with E-state index in [0.717, 1.165) is 11.3 Å². The molecule has 0 aliphatic heterocycles. The molecule has 1 unspecified atom stereocenters. The van der Waals surface area contributed by atoms with E-state index in [1.807, 2.05) is 30.3 Å². The predicted molar refractivity (Wildman–Crippen MR) is 70.7 cm³/mol. The molecule has 100 valence electrons. The molecule has 0 amide bonds. The lowest BCUT2D eigenvalue weighted by Crippen LogP contribution is -2.30. The Morgan fingerprint density at radius 3 is 2.42 bits per heavy atom. The average molecular weight is 260 g/mol. The molecule has 0 aliphatic carbocycles. The second-order valence-corrected chi connectivity index (χ2v) is 3.84. The second-order valence-electron chi connectivity index (χ2n) is 3.84. The zero-order valence-corrected chi connectivity index (χ0v) is 10.8. The Balaban J connectivity index is 2.37. The lowest BCUT2D eigenvalue weighted by atomic mass is 10.0. The van der Waals surface area contributed by atoms with Crippen LogP contribution in [0.5, 0.6) is 11.6 Å². The number of para-hydroxylation sites is 1. The maximum Gasteiger partial charge on any atom is 0.233 e. The van der Waals surface area contributed by atoms with Gasteiger partial charge in [-0.3, -0.25) is 5.84 Å². The Morgan fingerprint density at radius 2 is 1.84 bits per heavy atom. The van der Waals surface area contributed by atoms with Crippen molar-refractivity contribution in [3.63, 3.8) is 0 Å². The van der Waals surface area contributed by atoms with Gasteiger partial charge in [0.05, 0.1) is 26.0 Å². The van der Waals surface area contributed by atoms with E-state index in [-0.39, 0.29) is 6.04 Å². The molecule has 1 atom stereocenters. The van der Waals surface area contributed by atoms with E-state index in [2.05, 4.69) is 15.6 Å². The molecule has 6 nitrogen and oxygen atoms in total. The summed E-state index contributed by atoms with van der Waals surface area (Å²) in [6.07, 6.45) is 0. The number of benzene rings is 1. The molecule has 1 heterocycles. The standard InChI is InChI=1S/C13H16N4O2/c1-18-11-6-4-3-5-9(11)13(15-14)10-7-8-12(19-2)17-16-10/h3-8,13,15H,14H2,1-2H3. The first-order valence-electron chi connectivity index (χ1n) is 5.76. The van der Waals surface area contributed by atoms with Gasteiger partial charge < -0.3 is 9.47 Å². The van der Waals surface area contributed by atoms with Crippen molar-refractivity contribution in [2.24, 2.45) is 5.84 Å². The van der Waals surface area contributed by atoms with Crippen LogP contribution < -0.4 is 20.7 Å². The van der Waals surface area contributed by atoms with Gasteiger partial charge in [0.1, 0.15) is 5.75 Å². The van der Waals surface area contributed by atoms with Gasteiger partial charge in [0, 0.05) is 11.6 Å². The van der Waals surface area contributed by atoms with Crippen molar-refractivity contribution >= 4 is 0 Å². The van der Waals surface area contributed by atoms with Gasteiger partial charge in [0.25, 0.3) is 0 Å². The number of nitrogens with two attached hydrogens (primary N) is 1. The van der Waals surface area contributed by atoms with Gasteiger partial charge in [-0.25, -0.2) is 5.43 Å². The molecule has 19 heavy (non-hydrogen) atoms. The minimum absolute atomic E-state index is 0.297. The third-order valence-electron chi connectivity index (χ3n) is 2.78. The van der Waals surface area contributed by atoms with Crippen molar-refractivity contribution in [3.05, 3.63) is 47.7 Å². The fraction of sp³-hybridized carbons (Fsp3) is 0.231. The molecule has 0 saturated heterocycles. The van der Waals surface area contributed by atoms with Crippen LogP contribution in [0.4, 0.5) is 0 Å². The van der Waals surface area contributed by atoms with Crippen LogP contribution in [0.25, 0.3) is 0 Å². The van der Waals surface area contributed by atoms with Crippen LogP contribution in [-0.4, -0.2) is 24.4 Å². The van der Waals surface area contributed by atoms with Crippen LogP contribution in [0, 0.1) is 0 Å². The van der Waals surface area contributed by atoms with Crippen LogP contribution in [0.3, 0.4) is 0 Å². The number of hydrogen-bond acceptors (Lipinski definition) is 6. The summed E-state index contributed by atoms with van der Waals surface area (Å²) in [6, 6.07) is 10.9. The van der Waals surface area contributed by atoms with E-state index < -0.39 is 0 Å². The highest BCUT2D eigenvalue weighted by atomic mass is 16.5. The summed E-state index contributed by atoms with van der Waals surface area (Å²) >= 11 is 0. The molecule has 0 fully saturated rings. The zero-order valence-electron chi connectivity index (χ0n) is 10.8. The van der Waals surface area contributed by atoms with Crippen molar-refractivity contribution < 1.29 is 9.47 Å². The summed E-state index contributed by atoms with van der Waals surface area (Å²) in [6.45, 7) is 0. The van der Waals surface area contributed by atoms with Crippen LogP contribution >= 0.6 is 0 Å². The number of nitrogens with zero attached hydrogens (tertiary/aromatic N) is 2. The molecule has 3 N–H and O–H groups in total. The van der Waals surface area contributed by atoms with Gasteiger partial charge >= 0.3 is 0 Å². The highest BCUT2D eigenvalue weighted by Gasteiger charge is 2.18. The molecule has 0 saturated carbocycles. The van der Waals surface area contributed by atoms with Crippen LogP contribution in [0.15, 0.2) is 36.4 Å². The summed E-state index contributed by atoms with van der Waals surface area (Å²) in [5, 5.41) is 8.04. The van der Waals surface area contributed by atoms with Gasteiger partial charge in [0.15, 0.2) is 0 Å². The minimum Gasteiger partial charge on any atom is -0.496 e. The first-order valence-corrected chi connectivity index (χ1v) is 5.76. The van der Waals surface area contributed by atoms with Gasteiger partial charge in [-0.05, 0) is 12.1 Å². The maximum absolute atomic E-state index is 5.63. The van der Waals surface area contributed by atoms with E-state index in [9.17, 15) is 0 Å². The Labute approximate surface area is 111 Å². The molecular formula is C13H16N4O2. The number of hydrogen-bond donors (Lipinski definition) is 2. The van der Waals surface area contributed by atoms with Crippen molar-refractivity contribution in [1.82, 2.24) is 15.6 Å². The number of hydrazine groups is 1. The lowest BCUT2D eigenvalue weighted by Gasteiger charge is -2.18. The molecule has 0 bridgehead atoms. The fourth-order valence-electron chi connectivity index (χ4n) is 1.83. The minimum atomic E-state index is -0.297. The SMILES string of the molecule is COc1ccc(C(NN)c2ccccc2OC)nn1. The number of methoxy groups -OCH3 is 2. The van der Waals surface area contributed by atoms with Crippen LogP contribution in [0.1, 0.15) is 17.3 Å². The zero-order chi connectivity index (χ0) is 13.7. The Hall–Kier alpha value is -2.18. The van der Waals surface area contributed by atoms with Crippen LogP contribution in [-0.2, 0) is 0 Å². The number of nitrogens with one attached hydrogen (secondary N) is 1. The van der Waals surface area contributed by atoms with Gasteiger partial charge in [0.2, 0.25) is 5.88 Å². The molecule has 1 aromatic heterocycles. The topological polar surface area (TPSA) is 82.3 Å². The summed E-state index contributed by atoms with van der Waals surface area (Å²) in [4.78, 5) is 0. The first kappa shape index (κ1) is 13.3. The monoisotopic (exact) mass is 260 g/mol. The van der Waals surface area contributed by atoms with E-state index in [4.69, 9.17) is 15.3 Å². The summed E-state index contributed by atoms with van der Waals surface area (Å²) < 4.78 is 10.3. The normalized spacial score (nSPS) is 11.9. The number of ether oxygens (including phenoxy) is 2. The Kier molecular flexibility index (Phi) is 4.27. The predicted octanol–water partition coefficient (Wildman–Crippen LogP) is 1.05. The summed E-state index contributed by atoms with van der Waals surface area (Å²) in [5.74, 6) is 6.82. The molecule has 2 rings (SSSR count). The summed E-state index contributed by atoms with van der Waals surface area (Å²) in [5.41, 5.74) is 4.31. The maximum atomic E-state index is 5.63. The summed E-state index contributed by atoms with van der Waals surface area (Å²) in [7, 11) is 3.16. The van der Waals surface area contributed by atoms with E-state index in [1.165, 1.54) is 0 Å². The van der Waals surface area contributed by atoms with Gasteiger partial charge in [-0.1, -0.05) is 18.2 Å². The van der Waals surface area contributed by atoms with E-state index in [1.54, 1.807) is 20.3 Å².